The topological polar surface area (TPSA) is 112 Å². The first-order chi connectivity index (χ1) is 24.0. The third-order valence-corrected chi connectivity index (χ3v) is 10.0. The molecule has 0 amide bonds. The third-order valence-electron chi connectivity index (χ3n) is 10.0. The van der Waals surface area contributed by atoms with E-state index in [9.17, 15) is 22.8 Å². The van der Waals surface area contributed by atoms with Crippen LogP contribution in [0.5, 0.6) is 11.5 Å². The molecule has 2 aromatic rings. The molecule has 0 unspecified atom stereocenters. The van der Waals surface area contributed by atoms with E-state index < -0.39 is 51.3 Å². The molecule has 0 atom stereocenters. The quantitative estimate of drug-likeness (QED) is 0.0732. The first kappa shape index (κ1) is 39.0. The highest BCUT2D eigenvalue weighted by atomic mass is 19.4. The molecule has 0 aromatic heterocycles. The highest BCUT2D eigenvalue weighted by Crippen LogP contribution is 2.45. The summed E-state index contributed by atoms with van der Waals surface area (Å²) in [7, 11) is 0. The number of ether oxygens (including phenoxy) is 4. The summed E-state index contributed by atoms with van der Waals surface area (Å²) in [6.07, 6.45) is 6.47. The Hall–Kier alpha value is -3.83. The fourth-order valence-corrected chi connectivity index (χ4v) is 7.12. The standard InChI is InChI=1S/C39H49F3O8/c1-26(22-43)37(45)49-24-47-35-19-34(20-36(21-35)48-25-50-38(46)27(2)23-44)33-16-14-32(15-17-33)31-12-10-30(11-13-31)29-8-6-28(7-9-29)5-3-4-18-39(40,41)42/h14-17,19-21,28-31,43-44H,1-13,18,22-25H2. The lowest BCUT2D eigenvalue weighted by Gasteiger charge is -2.38. The summed E-state index contributed by atoms with van der Waals surface area (Å²) in [6, 6.07) is 13.4. The van der Waals surface area contributed by atoms with Crippen LogP contribution < -0.4 is 9.47 Å². The predicted octanol–water partition coefficient (Wildman–Crippen LogP) is 8.41. The van der Waals surface area contributed by atoms with E-state index in [4.69, 9.17) is 29.2 Å². The predicted molar refractivity (Wildman–Crippen MR) is 182 cm³/mol. The van der Waals surface area contributed by atoms with E-state index in [1.807, 2.05) is 12.1 Å². The van der Waals surface area contributed by atoms with Gasteiger partial charge in [0, 0.05) is 12.5 Å². The maximum atomic E-state index is 12.4. The maximum Gasteiger partial charge on any atom is 0.389 e. The van der Waals surface area contributed by atoms with Crippen molar-refractivity contribution in [3.63, 3.8) is 0 Å². The number of esters is 2. The van der Waals surface area contributed by atoms with Gasteiger partial charge in [0.2, 0.25) is 13.6 Å². The molecule has 2 aliphatic rings. The van der Waals surface area contributed by atoms with Gasteiger partial charge in [0.25, 0.3) is 0 Å². The number of carbonyl (C=O) groups excluding carboxylic acids is 2. The number of alkyl halides is 3. The van der Waals surface area contributed by atoms with Crippen molar-refractivity contribution >= 4 is 11.9 Å². The van der Waals surface area contributed by atoms with Crippen molar-refractivity contribution in [2.45, 2.75) is 89.1 Å². The Morgan fingerprint density at radius 3 is 1.68 bits per heavy atom. The molecule has 2 aliphatic carbocycles. The van der Waals surface area contributed by atoms with Crippen molar-refractivity contribution in [1.82, 2.24) is 0 Å². The van der Waals surface area contributed by atoms with Crippen molar-refractivity contribution in [2.75, 3.05) is 26.8 Å². The van der Waals surface area contributed by atoms with Crippen LogP contribution in [-0.2, 0) is 19.1 Å². The van der Waals surface area contributed by atoms with Gasteiger partial charge < -0.3 is 29.2 Å². The highest BCUT2D eigenvalue weighted by Gasteiger charge is 2.32. The van der Waals surface area contributed by atoms with Crippen LogP contribution in [0.25, 0.3) is 11.1 Å². The minimum absolute atomic E-state index is 0.104. The van der Waals surface area contributed by atoms with Crippen LogP contribution in [0.15, 0.2) is 66.8 Å². The fraction of sp³-hybridized carbons (Fsp3) is 0.538. The first-order valence-corrected chi connectivity index (χ1v) is 17.4. The van der Waals surface area contributed by atoms with Crippen molar-refractivity contribution in [3.8, 4) is 22.6 Å². The second kappa shape index (κ2) is 19.0. The summed E-state index contributed by atoms with van der Waals surface area (Å²) in [4.78, 5) is 23.7. The van der Waals surface area contributed by atoms with Gasteiger partial charge in [-0.3, -0.25) is 0 Å². The molecule has 2 N–H and O–H groups in total. The van der Waals surface area contributed by atoms with Crippen molar-refractivity contribution < 1.29 is 51.9 Å². The van der Waals surface area contributed by atoms with E-state index in [1.165, 1.54) is 31.2 Å². The van der Waals surface area contributed by atoms with Crippen LogP contribution in [0.2, 0.25) is 0 Å². The molecule has 0 bridgehead atoms. The normalized spacial score (nSPS) is 20.8. The lowest BCUT2D eigenvalue weighted by Crippen LogP contribution is -2.25. The molecular weight excluding hydrogens is 653 g/mol. The molecule has 2 saturated carbocycles. The summed E-state index contributed by atoms with van der Waals surface area (Å²) < 4.78 is 58.6. The number of hydrogen-bond donors (Lipinski definition) is 2. The number of unbranched alkanes of at least 4 members (excludes halogenated alkanes) is 1. The summed E-state index contributed by atoms with van der Waals surface area (Å²) in [6.45, 7) is 4.93. The van der Waals surface area contributed by atoms with E-state index in [0.29, 0.717) is 29.8 Å². The van der Waals surface area contributed by atoms with E-state index in [-0.39, 0.29) is 17.6 Å². The Morgan fingerprint density at radius 1 is 0.700 bits per heavy atom. The number of aliphatic hydroxyl groups is 2. The number of rotatable bonds is 17. The van der Waals surface area contributed by atoms with Gasteiger partial charge in [-0.05, 0) is 97.4 Å². The van der Waals surface area contributed by atoms with E-state index in [2.05, 4.69) is 25.3 Å². The summed E-state index contributed by atoms with van der Waals surface area (Å²) in [5.74, 6) is 1.57. The minimum Gasteiger partial charge on any atom is -0.457 e. The monoisotopic (exact) mass is 702 g/mol. The van der Waals surface area contributed by atoms with Crippen LogP contribution >= 0.6 is 0 Å². The molecule has 50 heavy (non-hydrogen) atoms. The zero-order valence-electron chi connectivity index (χ0n) is 28.6. The van der Waals surface area contributed by atoms with Crippen LogP contribution in [-0.4, -0.2) is 55.1 Å². The van der Waals surface area contributed by atoms with E-state index in [1.54, 1.807) is 18.2 Å². The second-order valence-electron chi connectivity index (χ2n) is 13.5. The highest BCUT2D eigenvalue weighted by molar-refractivity contribution is 5.88. The van der Waals surface area contributed by atoms with E-state index in [0.717, 1.165) is 55.1 Å². The Labute approximate surface area is 292 Å². The van der Waals surface area contributed by atoms with Gasteiger partial charge in [-0.25, -0.2) is 9.59 Å². The van der Waals surface area contributed by atoms with Crippen LogP contribution in [0, 0.1) is 17.8 Å². The van der Waals surface area contributed by atoms with Crippen molar-refractivity contribution in [2.24, 2.45) is 17.8 Å². The molecule has 11 heteroatoms. The molecular formula is C39H49F3O8. The maximum absolute atomic E-state index is 12.4. The van der Waals surface area contributed by atoms with Gasteiger partial charge in [-0.1, -0.05) is 63.1 Å². The van der Waals surface area contributed by atoms with Gasteiger partial charge in [-0.15, -0.1) is 0 Å². The Kier molecular flexibility index (Phi) is 14.8. The lowest BCUT2D eigenvalue weighted by molar-refractivity contribution is -0.146. The number of halogens is 3. The summed E-state index contributed by atoms with van der Waals surface area (Å²) in [5, 5.41) is 18.2. The molecule has 0 spiro atoms. The average molecular weight is 703 g/mol. The molecule has 274 valence electrons. The summed E-state index contributed by atoms with van der Waals surface area (Å²) in [5.41, 5.74) is 2.72. The van der Waals surface area contributed by atoms with Gasteiger partial charge in [-0.2, -0.15) is 13.2 Å². The Morgan fingerprint density at radius 2 is 1.20 bits per heavy atom. The second-order valence-corrected chi connectivity index (χ2v) is 13.5. The average Bonchev–Trinajstić information content (AvgIpc) is 3.12. The zero-order chi connectivity index (χ0) is 36.1. The number of hydrogen-bond acceptors (Lipinski definition) is 8. The minimum atomic E-state index is -4.04. The molecule has 0 aliphatic heterocycles. The first-order valence-electron chi connectivity index (χ1n) is 17.4. The number of benzene rings is 2. The third kappa shape index (κ3) is 12.2. The van der Waals surface area contributed by atoms with Gasteiger partial charge in [0.05, 0.1) is 24.4 Å². The Balaban J connectivity index is 1.31. The molecule has 2 fully saturated rings. The molecule has 8 nitrogen and oxygen atoms in total. The van der Waals surface area contributed by atoms with Crippen LogP contribution in [0.4, 0.5) is 13.2 Å². The van der Waals surface area contributed by atoms with Crippen LogP contribution in [0.1, 0.15) is 88.5 Å². The molecule has 4 rings (SSSR count). The lowest BCUT2D eigenvalue weighted by atomic mass is 9.68. The fourth-order valence-electron chi connectivity index (χ4n) is 7.12. The van der Waals surface area contributed by atoms with Crippen molar-refractivity contribution in [3.05, 3.63) is 72.3 Å². The van der Waals surface area contributed by atoms with Crippen molar-refractivity contribution in [1.29, 1.82) is 0 Å². The van der Waals surface area contributed by atoms with E-state index >= 15 is 0 Å². The van der Waals surface area contributed by atoms with Gasteiger partial charge in [0.1, 0.15) is 11.5 Å². The number of aliphatic hydroxyl groups excluding tert-OH is 2. The molecule has 0 saturated heterocycles. The molecule has 2 aromatic carbocycles. The van der Waals surface area contributed by atoms with Gasteiger partial charge >= 0.3 is 18.1 Å². The molecule has 0 radical (unpaired) electrons. The van der Waals surface area contributed by atoms with Crippen LogP contribution in [0.3, 0.4) is 0 Å². The Bertz CT molecular complexity index is 1370. The summed E-state index contributed by atoms with van der Waals surface area (Å²) >= 11 is 0. The molecule has 0 heterocycles. The SMILES string of the molecule is C=C(CO)C(=O)OCOc1cc(OCOC(=O)C(=C)CO)cc(-c2ccc(C3CCC(C4CCC(CCCCC(F)(F)F)CC4)CC3)cc2)c1. The zero-order valence-corrected chi connectivity index (χ0v) is 28.6. The smallest absolute Gasteiger partial charge is 0.389 e. The van der Waals surface area contributed by atoms with Gasteiger partial charge in [0.15, 0.2) is 0 Å². The largest absolute Gasteiger partial charge is 0.457 e. The number of carbonyl (C=O) groups is 2.